The van der Waals surface area contributed by atoms with Crippen molar-refractivity contribution in [2.24, 2.45) is 0 Å². The zero-order chi connectivity index (χ0) is 16.7. The Labute approximate surface area is 136 Å². The second-order valence-electron chi connectivity index (χ2n) is 5.21. The zero-order valence-electron chi connectivity index (χ0n) is 13.3. The molecule has 4 nitrogen and oxygen atoms in total. The number of benzene rings is 2. The van der Waals surface area contributed by atoms with Gasteiger partial charge in [0.2, 0.25) is 0 Å². The number of carboxylic acid groups (broad SMARTS) is 1. The molecule has 0 aliphatic heterocycles. The second kappa shape index (κ2) is 8.03. The van der Waals surface area contributed by atoms with Crippen LogP contribution in [-0.2, 0) is 4.79 Å². The van der Waals surface area contributed by atoms with Gasteiger partial charge in [-0.25, -0.2) is 4.79 Å². The van der Waals surface area contributed by atoms with E-state index in [9.17, 15) is 4.79 Å². The second-order valence-corrected chi connectivity index (χ2v) is 5.21. The van der Waals surface area contributed by atoms with Crippen LogP contribution in [0.4, 0.5) is 0 Å². The van der Waals surface area contributed by atoms with Crippen molar-refractivity contribution < 1.29 is 19.4 Å². The molecule has 23 heavy (non-hydrogen) atoms. The van der Waals surface area contributed by atoms with Gasteiger partial charge in [-0.3, -0.25) is 0 Å². The fourth-order valence-electron chi connectivity index (χ4n) is 2.02. The molecule has 0 amide bonds. The Hall–Kier alpha value is -2.75. The third kappa shape index (κ3) is 5.51. The van der Waals surface area contributed by atoms with Crippen molar-refractivity contribution in [3.05, 3.63) is 65.2 Å². The molecule has 0 fully saturated rings. The van der Waals surface area contributed by atoms with Gasteiger partial charge in [-0.2, -0.15) is 0 Å². The highest BCUT2D eigenvalue weighted by Crippen LogP contribution is 2.19. The summed E-state index contributed by atoms with van der Waals surface area (Å²) in [5.41, 5.74) is 3.08. The molecule has 0 atom stereocenters. The molecule has 0 heterocycles. The van der Waals surface area contributed by atoms with Gasteiger partial charge in [0.05, 0.1) is 0 Å². The van der Waals surface area contributed by atoms with E-state index in [4.69, 9.17) is 14.6 Å². The van der Waals surface area contributed by atoms with Gasteiger partial charge in [-0.05, 0) is 54.8 Å². The molecule has 0 spiro atoms. The van der Waals surface area contributed by atoms with Crippen LogP contribution in [-0.4, -0.2) is 24.3 Å². The maximum atomic E-state index is 10.5. The van der Waals surface area contributed by atoms with Crippen molar-refractivity contribution in [1.29, 1.82) is 0 Å². The van der Waals surface area contributed by atoms with Crippen LogP contribution in [0, 0.1) is 13.8 Å². The first-order valence-corrected chi connectivity index (χ1v) is 7.38. The normalized spacial score (nSPS) is 10.7. The summed E-state index contributed by atoms with van der Waals surface area (Å²) in [6.07, 6.45) is 2.64. The molecule has 0 saturated carbocycles. The van der Waals surface area contributed by atoms with Crippen molar-refractivity contribution in [1.82, 2.24) is 0 Å². The number of aryl methyl sites for hydroxylation is 2. The standard InChI is InChI=1S/C19H20O4/c1-14-3-4-15(2)18(13-14)23-12-11-22-17-8-5-16(6-9-17)7-10-19(20)21/h3-10,13H,11-12H2,1-2H3,(H,20,21). The first kappa shape index (κ1) is 16.6. The van der Waals surface area contributed by atoms with Gasteiger partial charge in [-0.1, -0.05) is 24.3 Å². The van der Waals surface area contributed by atoms with Crippen LogP contribution in [0.5, 0.6) is 11.5 Å². The van der Waals surface area contributed by atoms with Crippen LogP contribution in [0.2, 0.25) is 0 Å². The summed E-state index contributed by atoms with van der Waals surface area (Å²) in [6, 6.07) is 13.3. The van der Waals surface area contributed by atoms with E-state index in [0.717, 1.165) is 34.3 Å². The van der Waals surface area contributed by atoms with Gasteiger partial charge < -0.3 is 14.6 Å². The minimum absolute atomic E-state index is 0.442. The summed E-state index contributed by atoms with van der Waals surface area (Å²) in [5, 5.41) is 8.58. The van der Waals surface area contributed by atoms with Crippen LogP contribution >= 0.6 is 0 Å². The topological polar surface area (TPSA) is 55.8 Å². The van der Waals surface area contributed by atoms with Crippen LogP contribution < -0.4 is 9.47 Å². The Balaban J connectivity index is 1.80. The van der Waals surface area contributed by atoms with E-state index in [-0.39, 0.29) is 0 Å². The third-order valence-electron chi connectivity index (χ3n) is 3.25. The number of rotatable bonds is 7. The molecule has 0 unspecified atom stereocenters. The summed E-state index contributed by atoms with van der Waals surface area (Å²) in [4.78, 5) is 10.5. The molecule has 2 aromatic carbocycles. The smallest absolute Gasteiger partial charge is 0.328 e. The molecule has 0 aliphatic rings. The monoisotopic (exact) mass is 312 g/mol. The van der Waals surface area contributed by atoms with Crippen molar-refractivity contribution in [3.8, 4) is 11.5 Å². The average molecular weight is 312 g/mol. The number of carbonyl (C=O) groups is 1. The van der Waals surface area contributed by atoms with Gasteiger partial charge in [0.25, 0.3) is 0 Å². The summed E-state index contributed by atoms with van der Waals surface area (Å²) in [7, 11) is 0. The Kier molecular flexibility index (Phi) is 5.80. The molecule has 4 heteroatoms. The average Bonchev–Trinajstić information content (AvgIpc) is 2.53. The molecular weight excluding hydrogens is 292 g/mol. The molecule has 2 rings (SSSR count). The molecule has 120 valence electrons. The van der Waals surface area contributed by atoms with Gasteiger partial charge in [0.1, 0.15) is 24.7 Å². The predicted molar refractivity (Wildman–Crippen MR) is 90.0 cm³/mol. The lowest BCUT2D eigenvalue weighted by Gasteiger charge is -2.11. The van der Waals surface area contributed by atoms with Crippen molar-refractivity contribution in [2.45, 2.75) is 13.8 Å². The van der Waals surface area contributed by atoms with Gasteiger partial charge in [0, 0.05) is 6.08 Å². The van der Waals surface area contributed by atoms with E-state index in [2.05, 4.69) is 6.07 Å². The van der Waals surface area contributed by atoms with E-state index in [1.807, 2.05) is 26.0 Å². The number of hydrogen-bond acceptors (Lipinski definition) is 3. The van der Waals surface area contributed by atoms with Crippen molar-refractivity contribution in [3.63, 3.8) is 0 Å². The Bertz CT molecular complexity index is 687. The van der Waals surface area contributed by atoms with E-state index in [0.29, 0.717) is 13.2 Å². The lowest BCUT2D eigenvalue weighted by molar-refractivity contribution is -0.131. The van der Waals surface area contributed by atoms with Crippen LogP contribution in [0.25, 0.3) is 6.08 Å². The van der Waals surface area contributed by atoms with Crippen LogP contribution in [0.1, 0.15) is 16.7 Å². The summed E-state index contributed by atoms with van der Waals surface area (Å²) < 4.78 is 11.3. The number of hydrogen-bond donors (Lipinski definition) is 1. The van der Waals surface area contributed by atoms with E-state index in [1.54, 1.807) is 24.3 Å². The molecule has 0 aromatic heterocycles. The highest BCUT2D eigenvalue weighted by molar-refractivity contribution is 5.85. The van der Waals surface area contributed by atoms with E-state index >= 15 is 0 Å². The highest BCUT2D eigenvalue weighted by Gasteiger charge is 2.00. The van der Waals surface area contributed by atoms with Gasteiger partial charge in [0.15, 0.2) is 0 Å². The maximum absolute atomic E-state index is 10.5. The lowest BCUT2D eigenvalue weighted by atomic mass is 10.1. The van der Waals surface area contributed by atoms with Crippen LogP contribution in [0.15, 0.2) is 48.5 Å². The SMILES string of the molecule is Cc1ccc(C)c(OCCOc2ccc(C=CC(=O)O)cc2)c1. The summed E-state index contributed by atoms with van der Waals surface area (Å²) >= 11 is 0. The maximum Gasteiger partial charge on any atom is 0.328 e. The zero-order valence-corrected chi connectivity index (χ0v) is 13.3. The minimum atomic E-state index is -0.964. The Morgan fingerprint density at radius 3 is 2.43 bits per heavy atom. The quantitative estimate of drug-likeness (QED) is 0.623. The van der Waals surface area contributed by atoms with Gasteiger partial charge >= 0.3 is 5.97 Å². The molecule has 0 aliphatic carbocycles. The molecule has 0 radical (unpaired) electrons. The lowest BCUT2D eigenvalue weighted by Crippen LogP contribution is -2.09. The molecule has 1 N–H and O–H groups in total. The minimum Gasteiger partial charge on any atom is -0.490 e. The highest BCUT2D eigenvalue weighted by atomic mass is 16.5. The first-order valence-electron chi connectivity index (χ1n) is 7.38. The largest absolute Gasteiger partial charge is 0.490 e. The third-order valence-corrected chi connectivity index (χ3v) is 3.25. The number of ether oxygens (including phenoxy) is 2. The Morgan fingerprint density at radius 1 is 1.04 bits per heavy atom. The first-order chi connectivity index (χ1) is 11.0. The van der Waals surface area contributed by atoms with E-state index < -0.39 is 5.97 Å². The van der Waals surface area contributed by atoms with Crippen molar-refractivity contribution >= 4 is 12.0 Å². The van der Waals surface area contributed by atoms with E-state index in [1.165, 1.54) is 6.08 Å². The molecule has 2 aromatic rings. The summed E-state index contributed by atoms with van der Waals surface area (Å²) in [6.45, 7) is 4.95. The molecule has 0 bridgehead atoms. The molecule has 0 saturated heterocycles. The number of aliphatic carboxylic acids is 1. The predicted octanol–water partition coefficient (Wildman–Crippen LogP) is 3.86. The van der Waals surface area contributed by atoms with Crippen LogP contribution in [0.3, 0.4) is 0 Å². The Morgan fingerprint density at radius 2 is 1.74 bits per heavy atom. The van der Waals surface area contributed by atoms with Crippen molar-refractivity contribution in [2.75, 3.05) is 13.2 Å². The fourth-order valence-corrected chi connectivity index (χ4v) is 2.02. The number of carboxylic acids is 1. The fraction of sp³-hybridized carbons (Fsp3) is 0.211. The van der Waals surface area contributed by atoms with Gasteiger partial charge in [-0.15, -0.1) is 0 Å². The molecular formula is C19H20O4. The summed E-state index contributed by atoms with van der Waals surface area (Å²) in [5.74, 6) is 0.638.